The van der Waals surface area contributed by atoms with E-state index in [0.29, 0.717) is 0 Å². The Morgan fingerprint density at radius 2 is 2.14 bits per heavy atom. The Bertz CT molecular complexity index is 387. The highest BCUT2D eigenvalue weighted by atomic mass is 16.2. The number of fused-ring (bicyclic) bond motifs is 1. The number of nitrogens with one attached hydrogen (secondary N) is 1. The van der Waals surface area contributed by atoms with Gasteiger partial charge in [-0.3, -0.25) is 4.79 Å². The lowest BCUT2D eigenvalue weighted by molar-refractivity contribution is -0.117. The minimum atomic E-state index is -0.0924. The fourth-order valence-corrected chi connectivity index (χ4v) is 1.68. The number of rotatable bonds is 0. The van der Waals surface area contributed by atoms with Crippen LogP contribution in [0.3, 0.4) is 0 Å². The Morgan fingerprint density at radius 3 is 2.86 bits per heavy atom. The molecule has 74 valence electrons. The summed E-state index contributed by atoms with van der Waals surface area (Å²) < 4.78 is 0. The molecular weight excluding hydrogens is 176 g/mol. The van der Waals surface area contributed by atoms with Gasteiger partial charge in [-0.05, 0) is 31.5 Å². The van der Waals surface area contributed by atoms with E-state index in [1.807, 2.05) is 37.9 Å². The molecule has 1 atom stereocenters. The van der Waals surface area contributed by atoms with Gasteiger partial charge >= 0.3 is 0 Å². The Labute approximate surface area is 83.7 Å². The van der Waals surface area contributed by atoms with Crippen LogP contribution < -0.4 is 10.2 Å². The highest BCUT2D eigenvalue weighted by Gasteiger charge is 2.26. The van der Waals surface area contributed by atoms with Crippen molar-refractivity contribution in [3.8, 4) is 0 Å². The van der Waals surface area contributed by atoms with Crippen LogP contribution in [0.5, 0.6) is 0 Å². The van der Waals surface area contributed by atoms with Crippen molar-refractivity contribution < 1.29 is 4.79 Å². The van der Waals surface area contributed by atoms with Gasteiger partial charge in [0.2, 0.25) is 5.91 Å². The third-order valence-electron chi connectivity index (χ3n) is 2.75. The average molecular weight is 190 g/mol. The molecule has 0 radical (unpaired) electrons. The largest absolute Gasteiger partial charge is 0.361 e. The van der Waals surface area contributed by atoms with Crippen molar-refractivity contribution in [3.05, 3.63) is 23.8 Å². The first-order chi connectivity index (χ1) is 6.59. The van der Waals surface area contributed by atoms with Gasteiger partial charge in [0.05, 0.1) is 11.4 Å². The maximum absolute atomic E-state index is 11.5. The molecule has 2 rings (SSSR count). The van der Waals surface area contributed by atoms with E-state index in [9.17, 15) is 4.79 Å². The SMILES string of the molecule is Cc1ccc2c(c1)NC(=O)C(C)N2C. The molecule has 1 N–H and O–H groups in total. The number of likely N-dealkylation sites (N-methyl/N-ethyl adjacent to an activating group) is 1. The van der Waals surface area contributed by atoms with Gasteiger partial charge in [-0.2, -0.15) is 0 Å². The van der Waals surface area contributed by atoms with Crippen molar-refractivity contribution in [2.45, 2.75) is 19.9 Å². The summed E-state index contributed by atoms with van der Waals surface area (Å²) in [5.74, 6) is 0.0607. The summed E-state index contributed by atoms with van der Waals surface area (Å²) in [6.07, 6.45) is 0. The van der Waals surface area contributed by atoms with Crippen molar-refractivity contribution >= 4 is 17.3 Å². The quantitative estimate of drug-likeness (QED) is 0.676. The third-order valence-corrected chi connectivity index (χ3v) is 2.75. The summed E-state index contributed by atoms with van der Waals surface area (Å²) in [6.45, 7) is 3.92. The molecule has 0 aliphatic carbocycles. The summed E-state index contributed by atoms with van der Waals surface area (Å²) in [5.41, 5.74) is 3.16. The predicted octanol–water partition coefficient (Wildman–Crippen LogP) is 1.77. The molecule has 1 aromatic carbocycles. The van der Waals surface area contributed by atoms with Crippen molar-refractivity contribution in [2.24, 2.45) is 0 Å². The molecule has 1 amide bonds. The van der Waals surface area contributed by atoms with Crippen molar-refractivity contribution in [3.63, 3.8) is 0 Å². The van der Waals surface area contributed by atoms with Crippen LogP contribution in [0.15, 0.2) is 18.2 Å². The molecule has 0 fully saturated rings. The molecule has 0 saturated carbocycles. The number of carbonyl (C=O) groups excluding carboxylic acids is 1. The van der Waals surface area contributed by atoms with E-state index in [-0.39, 0.29) is 11.9 Å². The summed E-state index contributed by atoms with van der Waals surface area (Å²) >= 11 is 0. The first-order valence-electron chi connectivity index (χ1n) is 4.74. The van der Waals surface area contributed by atoms with Crippen LogP contribution in [0.1, 0.15) is 12.5 Å². The Kier molecular flexibility index (Phi) is 1.95. The molecule has 3 heteroatoms. The molecular formula is C11H14N2O. The van der Waals surface area contributed by atoms with E-state index in [2.05, 4.69) is 11.4 Å². The molecule has 1 aliphatic rings. The number of amides is 1. The number of nitrogens with zero attached hydrogens (tertiary/aromatic N) is 1. The maximum atomic E-state index is 11.5. The molecule has 1 unspecified atom stereocenters. The van der Waals surface area contributed by atoms with Crippen molar-refractivity contribution in [2.75, 3.05) is 17.3 Å². The third kappa shape index (κ3) is 1.25. The second-order valence-corrected chi connectivity index (χ2v) is 3.80. The lowest BCUT2D eigenvalue weighted by atomic mass is 10.1. The van der Waals surface area contributed by atoms with E-state index in [1.165, 1.54) is 0 Å². The second-order valence-electron chi connectivity index (χ2n) is 3.80. The normalized spacial score (nSPS) is 20.4. The van der Waals surface area contributed by atoms with Gasteiger partial charge in [0.15, 0.2) is 0 Å². The first-order valence-corrected chi connectivity index (χ1v) is 4.74. The van der Waals surface area contributed by atoms with Crippen LogP contribution >= 0.6 is 0 Å². The molecule has 1 heterocycles. The maximum Gasteiger partial charge on any atom is 0.246 e. The molecule has 0 spiro atoms. The summed E-state index contributed by atoms with van der Waals surface area (Å²) in [4.78, 5) is 13.5. The van der Waals surface area contributed by atoms with Gasteiger partial charge < -0.3 is 10.2 Å². The number of hydrogen-bond donors (Lipinski definition) is 1. The lowest BCUT2D eigenvalue weighted by Gasteiger charge is -2.33. The molecule has 3 nitrogen and oxygen atoms in total. The van der Waals surface area contributed by atoms with Gasteiger partial charge in [-0.15, -0.1) is 0 Å². The number of carbonyl (C=O) groups is 1. The molecule has 0 saturated heterocycles. The van der Waals surface area contributed by atoms with Crippen molar-refractivity contribution in [1.29, 1.82) is 0 Å². The van der Waals surface area contributed by atoms with E-state index in [4.69, 9.17) is 0 Å². The van der Waals surface area contributed by atoms with Gasteiger partial charge in [-0.1, -0.05) is 6.07 Å². The summed E-state index contributed by atoms with van der Waals surface area (Å²) in [5, 5.41) is 2.90. The summed E-state index contributed by atoms with van der Waals surface area (Å²) in [7, 11) is 1.94. The number of aryl methyl sites for hydroxylation is 1. The Morgan fingerprint density at radius 1 is 1.43 bits per heavy atom. The van der Waals surface area contributed by atoms with Crippen LogP contribution in [0.25, 0.3) is 0 Å². The van der Waals surface area contributed by atoms with Crippen LogP contribution in [0.4, 0.5) is 11.4 Å². The Hall–Kier alpha value is -1.51. The number of hydrogen-bond acceptors (Lipinski definition) is 2. The zero-order valence-corrected chi connectivity index (χ0v) is 8.66. The van der Waals surface area contributed by atoms with Gasteiger partial charge in [-0.25, -0.2) is 0 Å². The van der Waals surface area contributed by atoms with E-state index in [1.54, 1.807) is 0 Å². The van der Waals surface area contributed by atoms with Gasteiger partial charge in [0.25, 0.3) is 0 Å². The zero-order chi connectivity index (χ0) is 10.3. The number of benzene rings is 1. The fourth-order valence-electron chi connectivity index (χ4n) is 1.68. The van der Waals surface area contributed by atoms with Crippen LogP contribution in [-0.2, 0) is 4.79 Å². The number of anilines is 2. The smallest absolute Gasteiger partial charge is 0.246 e. The van der Waals surface area contributed by atoms with Gasteiger partial charge in [0.1, 0.15) is 6.04 Å². The first kappa shape index (κ1) is 9.06. The molecule has 14 heavy (non-hydrogen) atoms. The van der Waals surface area contributed by atoms with Crippen LogP contribution in [0, 0.1) is 6.92 Å². The minimum absolute atomic E-state index is 0.0607. The van der Waals surface area contributed by atoms with Crippen molar-refractivity contribution in [1.82, 2.24) is 0 Å². The Balaban J connectivity index is 2.50. The second kappa shape index (κ2) is 3.01. The lowest BCUT2D eigenvalue weighted by Crippen LogP contribution is -2.43. The van der Waals surface area contributed by atoms with E-state index < -0.39 is 0 Å². The zero-order valence-electron chi connectivity index (χ0n) is 8.66. The predicted molar refractivity (Wildman–Crippen MR) is 57.7 cm³/mol. The average Bonchev–Trinajstić information content (AvgIpc) is 2.14. The monoisotopic (exact) mass is 190 g/mol. The highest BCUT2D eigenvalue weighted by molar-refractivity contribution is 6.03. The molecule has 0 bridgehead atoms. The summed E-state index contributed by atoms with van der Waals surface area (Å²) in [6, 6.07) is 6.00. The minimum Gasteiger partial charge on any atom is -0.361 e. The molecule has 0 aromatic heterocycles. The van der Waals surface area contributed by atoms with E-state index >= 15 is 0 Å². The fraction of sp³-hybridized carbons (Fsp3) is 0.364. The molecule has 1 aromatic rings. The highest BCUT2D eigenvalue weighted by Crippen LogP contribution is 2.31. The van der Waals surface area contributed by atoms with E-state index in [0.717, 1.165) is 16.9 Å². The van der Waals surface area contributed by atoms with Gasteiger partial charge in [0, 0.05) is 7.05 Å². The van der Waals surface area contributed by atoms with Crippen LogP contribution in [0.2, 0.25) is 0 Å². The van der Waals surface area contributed by atoms with Crippen LogP contribution in [-0.4, -0.2) is 19.0 Å². The topological polar surface area (TPSA) is 32.3 Å². The molecule has 1 aliphatic heterocycles. The standard InChI is InChI=1S/C11H14N2O/c1-7-4-5-10-9(6-7)12-11(14)8(2)13(10)3/h4-6,8H,1-3H3,(H,12,14).